The van der Waals surface area contributed by atoms with E-state index in [1.807, 2.05) is 30.3 Å². The van der Waals surface area contributed by atoms with Gasteiger partial charge < -0.3 is 14.4 Å². The van der Waals surface area contributed by atoms with Gasteiger partial charge in [-0.1, -0.05) is 47.2 Å². The number of carbonyl (C=O) groups excluding carboxylic acids is 1. The molecule has 1 aliphatic heterocycles. The third-order valence-corrected chi connectivity index (χ3v) is 8.92. The number of thiazole rings is 1. The summed E-state index contributed by atoms with van der Waals surface area (Å²) in [4.78, 5) is 21.5. The van der Waals surface area contributed by atoms with E-state index in [1.165, 1.54) is 7.11 Å². The number of halogens is 2. The first-order chi connectivity index (χ1) is 18.4. The lowest BCUT2D eigenvalue weighted by Gasteiger charge is -2.35. The van der Waals surface area contributed by atoms with Crippen LogP contribution < -0.4 is 4.90 Å². The summed E-state index contributed by atoms with van der Waals surface area (Å²) in [5.41, 5.74) is 4.20. The number of benzene rings is 2. The Bertz CT molecular complexity index is 1370. The fourth-order valence-corrected chi connectivity index (χ4v) is 6.65. The monoisotopic (exact) mass is 571 g/mol. The molecular weight excluding hydrogens is 541 g/mol. The van der Waals surface area contributed by atoms with Gasteiger partial charge in [-0.3, -0.25) is 4.90 Å². The zero-order valence-electron chi connectivity index (χ0n) is 21.6. The first-order valence-electron chi connectivity index (χ1n) is 12.8. The van der Waals surface area contributed by atoms with Crippen LogP contribution in [0.15, 0.2) is 54.3 Å². The molecule has 38 heavy (non-hydrogen) atoms. The van der Waals surface area contributed by atoms with Crippen molar-refractivity contribution in [1.29, 1.82) is 0 Å². The number of piperazine rings is 1. The minimum absolute atomic E-state index is 0.332. The molecule has 9 heteroatoms. The Hall–Kier alpha value is -2.58. The zero-order valence-corrected chi connectivity index (χ0v) is 24.0. The van der Waals surface area contributed by atoms with Gasteiger partial charge in [-0.15, -0.1) is 0 Å². The molecular formula is C29H31Cl2N3O3S. The van der Waals surface area contributed by atoms with Crippen LogP contribution in [0.25, 0.3) is 15.8 Å². The largest absolute Gasteiger partial charge is 0.501 e. The van der Waals surface area contributed by atoms with Crippen molar-refractivity contribution in [1.82, 2.24) is 9.88 Å². The Labute approximate surface area is 237 Å². The maximum Gasteiger partial charge on any atom is 0.337 e. The molecule has 2 aliphatic rings. The van der Waals surface area contributed by atoms with E-state index in [9.17, 15) is 4.79 Å². The smallest absolute Gasteiger partial charge is 0.337 e. The molecule has 0 N–H and O–H groups in total. The van der Waals surface area contributed by atoms with E-state index in [0.29, 0.717) is 21.5 Å². The third-order valence-electron chi connectivity index (χ3n) is 7.21. The molecule has 200 valence electrons. The molecule has 1 saturated carbocycles. The van der Waals surface area contributed by atoms with E-state index in [2.05, 4.69) is 16.4 Å². The van der Waals surface area contributed by atoms with Crippen LogP contribution in [-0.2, 0) is 9.47 Å². The van der Waals surface area contributed by atoms with Crippen molar-refractivity contribution < 1.29 is 14.3 Å². The van der Waals surface area contributed by atoms with Crippen LogP contribution in [-0.4, -0.2) is 62.8 Å². The Morgan fingerprint density at radius 1 is 1.08 bits per heavy atom. The van der Waals surface area contributed by atoms with Crippen LogP contribution >= 0.6 is 34.5 Å². The predicted molar refractivity (Wildman–Crippen MR) is 156 cm³/mol. The summed E-state index contributed by atoms with van der Waals surface area (Å²) in [6.45, 7) is 8.95. The van der Waals surface area contributed by atoms with Crippen molar-refractivity contribution >= 4 is 61.4 Å². The van der Waals surface area contributed by atoms with Crippen molar-refractivity contribution in [3.8, 4) is 0 Å². The number of anilines is 1. The number of fused-ring (bicyclic) bond motifs is 1. The maximum atomic E-state index is 11.9. The summed E-state index contributed by atoms with van der Waals surface area (Å²) in [5, 5.41) is 2.20. The number of aromatic nitrogens is 1. The average Bonchev–Trinajstić information content (AvgIpc) is 3.67. The van der Waals surface area contributed by atoms with Gasteiger partial charge in [0.15, 0.2) is 5.13 Å². The quantitative estimate of drug-likeness (QED) is 0.158. The molecule has 0 spiro atoms. The van der Waals surface area contributed by atoms with Gasteiger partial charge in [0.05, 0.1) is 30.0 Å². The SMILES string of the molecule is C=C(/C(CCN1CCN(c2nc3ccc(C(=O)OC)cc3s2)CC1)=C(\OC)C1CC1)c1c(Cl)cccc1Cl. The molecule has 0 radical (unpaired) electrons. The molecule has 1 aliphatic carbocycles. The second-order valence-electron chi connectivity index (χ2n) is 9.65. The molecule has 1 aromatic heterocycles. The highest BCUT2D eigenvalue weighted by Crippen LogP contribution is 2.44. The number of hydrogen-bond acceptors (Lipinski definition) is 7. The number of rotatable bonds is 9. The molecule has 2 heterocycles. The van der Waals surface area contributed by atoms with Gasteiger partial charge in [-0.25, -0.2) is 9.78 Å². The van der Waals surface area contributed by atoms with Crippen molar-refractivity contribution in [2.45, 2.75) is 19.3 Å². The van der Waals surface area contributed by atoms with E-state index in [0.717, 1.165) is 89.8 Å². The van der Waals surface area contributed by atoms with Crippen molar-refractivity contribution in [2.24, 2.45) is 5.92 Å². The summed E-state index contributed by atoms with van der Waals surface area (Å²) in [5.74, 6) is 1.13. The second kappa shape index (κ2) is 11.7. The lowest BCUT2D eigenvalue weighted by molar-refractivity contribution is 0.0601. The second-order valence-corrected chi connectivity index (χ2v) is 11.5. The summed E-state index contributed by atoms with van der Waals surface area (Å²) in [7, 11) is 3.15. The Kier molecular flexibility index (Phi) is 8.29. The normalized spacial score (nSPS) is 16.9. The number of nitrogens with zero attached hydrogens (tertiary/aromatic N) is 3. The fraction of sp³-hybridized carbons (Fsp3) is 0.379. The van der Waals surface area contributed by atoms with Crippen molar-refractivity contribution in [3.05, 3.63) is 75.5 Å². The number of esters is 1. The summed E-state index contributed by atoms with van der Waals surface area (Å²) >= 11 is 14.7. The van der Waals surface area contributed by atoms with Gasteiger partial charge >= 0.3 is 5.97 Å². The Balaban J connectivity index is 1.26. The first-order valence-corrected chi connectivity index (χ1v) is 14.3. The maximum absolute atomic E-state index is 11.9. The van der Waals surface area contributed by atoms with Crippen molar-refractivity contribution in [2.75, 3.05) is 51.8 Å². The minimum atomic E-state index is -0.332. The highest BCUT2D eigenvalue weighted by atomic mass is 35.5. The van der Waals surface area contributed by atoms with Gasteiger partial charge in [0.1, 0.15) is 5.76 Å². The highest BCUT2D eigenvalue weighted by Gasteiger charge is 2.31. The number of allylic oxidation sites excluding steroid dienone is 2. The average molecular weight is 573 g/mol. The zero-order chi connectivity index (χ0) is 26.8. The van der Waals surface area contributed by atoms with E-state index in [1.54, 1.807) is 24.5 Å². The molecule has 3 aromatic rings. The number of hydrogen-bond donors (Lipinski definition) is 0. The van der Waals surface area contributed by atoms with Crippen LogP contribution in [0.2, 0.25) is 10.0 Å². The Morgan fingerprint density at radius 2 is 1.79 bits per heavy atom. The van der Waals surface area contributed by atoms with E-state index < -0.39 is 0 Å². The number of ether oxygens (including phenoxy) is 2. The van der Waals surface area contributed by atoms with Crippen LogP contribution in [0.1, 0.15) is 35.2 Å². The molecule has 5 rings (SSSR count). The van der Waals surface area contributed by atoms with Gasteiger partial charge in [-0.2, -0.15) is 0 Å². The molecule has 0 atom stereocenters. The number of carbonyl (C=O) groups is 1. The van der Waals surface area contributed by atoms with Gasteiger partial charge in [0, 0.05) is 54.3 Å². The topological polar surface area (TPSA) is 54.9 Å². The van der Waals surface area contributed by atoms with Crippen LogP contribution in [0.4, 0.5) is 5.13 Å². The molecule has 0 bridgehead atoms. The van der Waals surface area contributed by atoms with E-state index in [4.69, 9.17) is 37.7 Å². The Morgan fingerprint density at radius 3 is 2.42 bits per heavy atom. The molecule has 0 amide bonds. The molecule has 0 unspecified atom stereocenters. The summed E-state index contributed by atoms with van der Waals surface area (Å²) in [6, 6.07) is 11.1. The third kappa shape index (κ3) is 5.71. The first kappa shape index (κ1) is 27.0. The van der Waals surface area contributed by atoms with Crippen molar-refractivity contribution in [3.63, 3.8) is 0 Å². The summed E-state index contributed by atoms with van der Waals surface area (Å²) in [6.07, 6.45) is 3.09. The van der Waals surface area contributed by atoms with Crippen LogP contribution in [0.5, 0.6) is 0 Å². The standard InChI is InChI=1S/C29H31Cl2N3O3S/c1-18(26-22(30)5-4-6-23(26)31)21(27(36-2)19-7-8-19)11-12-33-13-15-34(16-14-33)29-32-24-10-9-20(28(35)37-3)17-25(24)38-29/h4-6,9-10,17,19H,1,7-8,11-16H2,2-3H3/b27-21-. The lowest BCUT2D eigenvalue weighted by Crippen LogP contribution is -2.46. The van der Waals surface area contributed by atoms with Gasteiger partial charge in [-0.05, 0) is 60.7 Å². The predicted octanol–water partition coefficient (Wildman–Crippen LogP) is 6.93. The fourth-order valence-electron chi connectivity index (χ4n) is 4.97. The molecule has 2 aromatic carbocycles. The van der Waals surface area contributed by atoms with E-state index in [-0.39, 0.29) is 5.97 Å². The van der Waals surface area contributed by atoms with Crippen LogP contribution in [0, 0.1) is 5.92 Å². The van der Waals surface area contributed by atoms with E-state index >= 15 is 0 Å². The number of methoxy groups -OCH3 is 2. The molecule has 1 saturated heterocycles. The van der Waals surface area contributed by atoms with Crippen LogP contribution in [0.3, 0.4) is 0 Å². The minimum Gasteiger partial charge on any atom is -0.501 e. The molecule has 6 nitrogen and oxygen atoms in total. The molecule has 2 fully saturated rings. The lowest BCUT2D eigenvalue weighted by atomic mass is 9.94. The van der Waals surface area contributed by atoms with Gasteiger partial charge in [0.25, 0.3) is 0 Å². The van der Waals surface area contributed by atoms with Gasteiger partial charge in [0.2, 0.25) is 0 Å². The summed E-state index contributed by atoms with van der Waals surface area (Å²) < 4.78 is 11.7. The highest BCUT2D eigenvalue weighted by molar-refractivity contribution is 7.22.